The number of nitrogens with one attached hydrogen (secondary N) is 1. The minimum Gasteiger partial charge on any atom is -0.347 e. The summed E-state index contributed by atoms with van der Waals surface area (Å²) in [4.78, 5) is 12.6. The molecular weight excluding hydrogens is 236 g/mol. The number of carbonyl (C=O) groups is 1. The molecule has 1 fully saturated rings. The first-order chi connectivity index (χ1) is 8.18. The molecule has 1 amide bonds. The van der Waals surface area contributed by atoms with Gasteiger partial charge in [-0.15, -0.1) is 5.10 Å². The lowest BCUT2D eigenvalue weighted by Crippen LogP contribution is -2.46. The van der Waals surface area contributed by atoms with Gasteiger partial charge >= 0.3 is 0 Å². The highest BCUT2D eigenvalue weighted by Crippen LogP contribution is 2.18. The van der Waals surface area contributed by atoms with E-state index in [1.807, 2.05) is 0 Å². The largest absolute Gasteiger partial charge is 0.347 e. The minimum atomic E-state index is -0.0835. The van der Waals surface area contributed by atoms with E-state index in [2.05, 4.69) is 14.9 Å². The molecule has 2 unspecified atom stereocenters. The van der Waals surface area contributed by atoms with Gasteiger partial charge in [-0.1, -0.05) is 23.8 Å². The quantitative estimate of drug-likeness (QED) is 0.778. The molecule has 2 rings (SSSR count). The van der Waals surface area contributed by atoms with Crippen molar-refractivity contribution in [3.63, 3.8) is 0 Å². The third kappa shape index (κ3) is 3.01. The van der Waals surface area contributed by atoms with Gasteiger partial charge in [0, 0.05) is 12.1 Å². The van der Waals surface area contributed by atoms with Crippen LogP contribution < -0.4 is 11.1 Å². The van der Waals surface area contributed by atoms with Gasteiger partial charge in [0.25, 0.3) is 5.91 Å². The third-order valence-corrected chi connectivity index (χ3v) is 4.07. The second-order valence-electron chi connectivity index (χ2n) is 4.57. The van der Waals surface area contributed by atoms with Gasteiger partial charge in [-0.3, -0.25) is 4.79 Å². The fourth-order valence-corrected chi connectivity index (χ4v) is 2.75. The third-order valence-electron chi connectivity index (χ3n) is 3.24. The Bertz CT molecular complexity index is 393. The molecule has 1 heterocycles. The van der Waals surface area contributed by atoms with Crippen LogP contribution >= 0.6 is 11.5 Å². The van der Waals surface area contributed by atoms with E-state index in [4.69, 9.17) is 5.73 Å². The molecular formula is C11H18N4OS. The molecule has 1 saturated carbocycles. The van der Waals surface area contributed by atoms with Crippen molar-refractivity contribution in [2.75, 3.05) is 0 Å². The Morgan fingerprint density at radius 3 is 2.88 bits per heavy atom. The summed E-state index contributed by atoms with van der Waals surface area (Å²) in [6, 6.07) is 0.161. The highest BCUT2D eigenvalue weighted by molar-refractivity contribution is 7.08. The molecule has 94 valence electrons. The number of hydrogen-bond acceptors (Lipinski definition) is 5. The molecule has 0 aromatic carbocycles. The predicted octanol–water partition coefficient (Wildman–Crippen LogP) is 1.24. The lowest BCUT2D eigenvalue weighted by Gasteiger charge is -2.22. The lowest BCUT2D eigenvalue weighted by atomic mass is 10.0. The molecule has 0 radical (unpaired) electrons. The number of amides is 1. The Kier molecular flexibility index (Phi) is 4.06. The second-order valence-corrected chi connectivity index (χ2v) is 5.32. The lowest BCUT2D eigenvalue weighted by molar-refractivity contribution is 0.0932. The van der Waals surface area contributed by atoms with E-state index in [-0.39, 0.29) is 18.0 Å². The summed E-state index contributed by atoms with van der Waals surface area (Å²) in [5, 5.41) is 6.86. The van der Waals surface area contributed by atoms with Crippen molar-refractivity contribution in [2.24, 2.45) is 5.73 Å². The van der Waals surface area contributed by atoms with Gasteiger partial charge in [0.2, 0.25) is 0 Å². The van der Waals surface area contributed by atoms with Crippen LogP contribution in [0.25, 0.3) is 0 Å². The molecule has 2 atom stereocenters. The molecule has 1 aliphatic carbocycles. The van der Waals surface area contributed by atoms with Gasteiger partial charge < -0.3 is 11.1 Å². The molecule has 17 heavy (non-hydrogen) atoms. The van der Waals surface area contributed by atoms with Crippen molar-refractivity contribution >= 4 is 17.4 Å². The predicted molar refractivity (Wildman–Crippen MR) is 67.0 cm³/mol. The summed E-state index contributed by atoms with van der Waals surface area (Å²) in [6.45, 7) is 1.80. The number of aryl methyl sites for hydroxylation is 1. The van der Waals surface area contributed by atoms with Crippen LogP contribution in [0.3, 0.4) is 0 Å². The van der Waals surface area contributed by atoms with Crippen LogP contribution in [-0.2, 0) is 0 Å². The standard InChI is InChI=1S/C11H18N4OS/c1-7-10(17-15-14-7)11(16)13-9-6-4-2-3-5-8(9)12/h8-9H,2-6,12H2,1H3,(H,13,16). The zero-order valence-corrected chi connectivity index (χ0v) is 10.8. The average molecular weight is 254 g/mol. The maximum atomic E-state index is 12.0. The zero-order chi connectivity index (χ0) is 12.3. The SMILES string of the molecule is Cc1nnsc1C(=O)NC1CCCCCC1N. The van der Waals surface area contributed by atoms with E-state index in [0.717, 1.165) is 37.2 Å². The molecule has 1 aromatic heterocycles. The molecule has 0 spiro atoms. The summed E-state index contributed by atoms with van der Waals surface area (Å²) < 4.78 is 3.77. The maximum absolute atomic E-state index is 12.0. The van der Waals surface area contributed by atoms with Crippen molar-refractivity contribution in [1.29, 1.82) is 0 Å². The van der Waals surface area contributed by atoms with E-state index in [1.165, 1.54) is 6.42 Å². The Labute approximate surface area is 105 Å². The Morgan fingerprint density at radius 2 is 2.18 bits per heavy atom. The topological polar surface area (TPSA) is 80.9 Å². The fourth-order valence-electron chi connectivity index (χ4n) is 2.19. The summed E-state index contributed by atoms with van der Waals surface area (Å²) in [5.41, 5.74) is 6.77. The molecule has 3 N–H and O–H groups in total. The van der Waals surface area contributed by atoms with Crippen LogP contribution in [0.4, 0.5) is 0 Å². The Balaban J connectivity index is 2.00. The van der Waals surface area contributed by atoms with Gasteiger partial charge in [0.1, 0.15) is 4.88 Å². The smallest absolute Gasteiger partial charge is 0.265 e. The highest BCUT2D eigenvalue weighted by Gasteiger charge is 2.24. The monoisotopic (exact) mass is 254 g/mol. The van der Waals surface area contributed by atoms with Crippen LogP contribution in [0, 0.1) is 6.92 Å². The van der Waals surface area contributed by atoms with Crippen molar-refractivity contribution in [2.45, 2.75) is 51.1 Å². The molecule has 1 aromatic rings. The van der Waals surface area contributed by atoms with Crippen LogP contribution in [0.15, 0.2) is 0 Å². The second kappa shape index (κ2) is 5.55. The first-order valence-electron chi connectivity index (χ1n) is 6.04. The molecule has 5 nitrogen and oxygen atoms in total. The van der Waals surface area contributed by atoms with Crippen molar-refractivity contribution in [1.82, 2.24) is 14.9 Å². The number of rotatable bonds is 2. The molecule has 0 saturated heterocycles. The van der Waals surface area contributed by atoms with Crippen LogP contribution in [0.5, 0.6) is 0 Å². The van der Waals surface area contributed by atoms with Gasteiger partial charge in [-0.25, -0.2) is 0 Å². The Hall–Kier alpha value is -1.01. The summed E-state index contributed by atoms with van der Waals surface area (Å²) in [5.74, 6) is -0.0835. The highest BCUT2D eigenvalue weighted by atomic mass is 32.1. The van der Waals surface area contributed by atoms with Gasteiger partial charge in [0.15, 0.2) is 0 Å². The number of aromatic nitrogens is 2. The van der Waals surface area contributed by atoms with E-state index in [9.17, 15) is 4.79 Å². The van der Waals surface area contributed by atoms with Gasteiger partial charge in [-0.2, -0.15) is 0 Å². The first kappa shape index (κ1) is 12.4. The van der Waals surface area contributed by atoms with Gasteiger partial charge in [-0.05, 0) is 31.3 Å². The minimum absolute atomic E-state index is 0.0719. The number of nitrogens with two attached hydrogens (primary N) is 1. The van der Waals surface area contributed by atoms with E-state index < -0.39 is 0 Å². The fraction of sp³-hybridized carbons (Fsp3) is 0.727. The summed E-state index contributed by atoms with van der Waals surface area (Å²) in [7, 11) is 0. The number of hydrogen-bond donors (Lipinski definition) is 2. The zero-order valence-electron chi connectivity index (χ0n) is 9.98. The van der Waals surface area contributed by atoms with Crippen LogP contribution in [0.2, 0.25) is 0 Å². The normalized spacial score (nSPS) is 25.3. The molecule has 6 heteroatoms. The molecule has 0 aliphatic heterocycles. The summed E-state index contributed by atoms with van der Waals surface area (Å²) in [6.07, 6.45) is 5.47. The Morgan fingerprint density at radius 1 is 1.41 bits per heavy atom. The van der Waals surface area contributed by atoms with Crippen molar-refractivity contribution < 1.29 is 4.79 Å². The van der Waals surface area contributed by atoms with E-state index >= 15 is 0 Å². The van der Waals surface area contributed by atoms with Crippen molar-refractivity contribution in [3.8, 4) is 0 Å². The summed E-state index contributed by atoms with van der Waals surface area (Å²) >= 11 is 1.14. The number of nitrogens with zero attached hydrogens (tertiary/aromatic N) is 2. The van der Waals surface area contributed by atoms with Crippen LogP contribution in [-0.4, -0.2) is 27.6 Å². The first-order valence-corrected chi connectivity index (χ1v) is 6.81. The average Bonchev–Trinajstić information content (AvgIpc) is 2.63. The van der Waals surface area contributed by atoms with Crippen LogP contribution in [0.1, 0.15) is 47.5 Å². The maximum Gasteiger partial charge on any atom is 0.265 e. The van der Waals surface area contributed by atoms with Gasteiger partial charge in [0.05, 0.1) is 5.69 Å². The van der Waals surface area contributed by atoms with Crippen molar-refractivity contribution in [3.05, 3.63) is 10.6 Å². The van der Waals surface area contributed by atoms with E-state index in [0.29, 0.717) is 10.6 Å². The number of carbonyl (C=O) groups excluding carboxylic acids is 1. The van der Waals surface area contributed by atoms with E-state index in [1.54, 1.807) is 6.92 Å². The molecule has 0 bridgehead atoms. The molecule has 1 aliphatic rings.